The predicted molar refractivity (Wildman–Crippen MR) is 124 cm³/mol. The minimum Gasteiger partial charge on any atom is -0.392 e. The summed E-state index contributed by atoms with van der Waals surface area (Å²) in [4.78, 5) is 5.23. The molecule has 0 spiro atoms. The molecule has 2 aromatic heterocycles. The molecule has 1 aliphatic heterocycles. The molecule has 0 bridgehead atoms. The second-order valence-corrected chi connectivity index (χ2v) is 9.44. The number of pyridine rings is 1. The fraction of sp³-hybridized carbons (Fsp3) is 0.364. The normalized spacial score (nSPS) is 15.3. The Morgan fingerprint density at radius 1 is 1.19 bits per heavy atom. The van der Waals surface area contributed by atoms with Crippen molar-refractivity contribution in [3.8, 4) is 11.1 Å². The first-order valence-corrected chi connectivity index (χ1v) is 10.8. The van der Waals surface area contributed by atoms with Crippen LogP contribution in [0.1, 0.15) is 33.3 Å². The van der Waals surface area contributed by atoms with Gasteiger partial charge < -0.3 is 15.5 Å². The molecule has 0 amide bonds. The summed E-state index contributed by atoms with van der Waals surface area (Å²) in [5.41, 5.74) is 2.75. The van der Waals surface area contributed by atoms with Gasteiger partial charge in [0.15, 0.2) is 5.84 Å². The fourth-order valence-corrected chi connectivity index (χ4v) is 3.83. The Morgan fingerprint density at radius 2 is 1.97 bits per heavy atom. The van der Waals surface area contributed by atoms with Gasteiger partial charge in [-0.1, -0.05) is 49.1 Å². The van der Waals surface area contributed by atoms with Crippen LogP contribution in [0.5, 0.6) is 0 Å². The highest BCUT2D eigenvalue weighted by Crippen LogP contribution is 2.41. The highest BCUT2D eigenvalue weighted by Gasteiger charge is 2.26. The maximum Gasteiger partial charge on any atom is 0.176 e. The molecule has 164 valence electrons. The molecular weight excluding hydrogens is 440 g/mol. The average Bonchev–Trinajstić information content (AvgIpc) is 3.12. The van der Waals surface area contributed by atoms with Crippen LogP contribution >= 0.6 is 23.2 Å². The number of fused-ring (bicyclic) bond motifs is 1. The van der Waals surface area contributed by atoms with Crippen LogP contribution in [-0.2, 0) is 4.84 Å². The summed E-state index contributed by atoms with van der Waals surface area (Å²) in [6, 6.07) is 6.15. The van der Waals surface area contributed by atoms with Crippen molar-refractivity contribution in [2.45, 2.75) is 33.7 Å². The van der Waals surface area contributed by atoms with Gasteiger partial charge >= 0.3 is 0 Å². The Balaban J connectivity index is 1.97. The van der Waals surface area contributed by atoms with Crippen LogP contribution in [0.3, 0.4) is 0 Å². The molecule has 1 atom stereocenters. The Kier molecular flexibility index (Phi) is 5.75. The van der Waals surface area contributed by atoms with Crippen LogP contribution in [0.2, 0.25) is 10.0 Å². The predicted octanol–water partition coefficient (Wildman–Crippen LogP) is 5.58. The SMILES string of the molecule is C[C@@H](Nc1c(-c2ccc(F)cc2Cl)c(Cl)cc2c(C3=NOCCN3)cnn12)C(C)(C)C. The number of halogens is 3. The molecule has 0 unspecified atom stereocenters. The number of aromatic nitrogens is 2. The van der Waals surface area contributed by atoms with Crippen molar-refractivity contribution >= 4 is 40.4 Å². The monoisotopic (exact) mass is 463 g/mol. The van der Waals surface area contributed by atoms with Crippen LogP contribution in [0, 0.1) is 11.2 Å². The molecule has 31 heavy (non-hydrogen) atoms. The summed E-state index contributed by atoms with van der Waals surface area (Å²) in [6.45, 7) is 9.68. The topological polar surface area (TPSA) is 63.0 Å². The molecule has 0 saturated carbocycles. The fourth-order valence-electron chi connectivity index (χ4n) is 3.27. The van der Waals surface area contributed by atoms with Crippen LogP contribution in [-0.4, -0.2) is 34.6 Å². The summed E-state index contributed by atoms with van der Waals surface area (Å²) < 4.78 is 15.5. The van der Waals surface area contributed by atoms with Gasteiger partial charge in [-0.25, -0.2) is 8.91 Å². The van der Waals surface area contributed by atoms with E-state index < -0.39 is 5.82 Å². The van der Waals surface area contributed by atoms with Gasteiger partial charge in [0.2, 0.25) is 0 Å². The lowest BCUT2D eigenvalue weighted by atomic mass is 9.88. The van der Waals surface area contributed by atoms with Crippen molar-refractivity contribution in [1.82, 2.24) is 14.9 Å². The van der Waals surface area contributed by atoms with Crippen molar-refractivity contribution < 1.29 is 9.23 Å². The van der Waals surface area contributed by atoms with Gasteiger partial charge in [0.25, 0.3) is 0 Å². The van der Waals surface area contributed by atoms with Gasteiger partial charge in [-0.15, -0.1) is 0 Å². The highest BCUT2D eigenvalue weighted by molar-refractivity contribution is 6.37. The minimum atomic E-state index is -0.411. The van der Waals surface area contributed by atoms with Gasteiger partial charge in [0.1, 0.15) is 18.2 Å². The molecular formula is C22H24Cl2FN5O. The van der Waals surface area contributed by atoms with E-state index in [1.807, 2.05) is 6.07 Å². The summed E-state index contributed by atoms with van der Waals surface area (Å²) in [7, 11) is 0. The van der Waals surface area contributed by atoms with E-state index >= 15 is 0 Å². The lowest BCUT2D eigenvalue weighted by molar-refractivity contribution is 0.136. The van der Waals surface area contributed by atoms with E-state index in [4.69, 9.17) is 28.0 Å². The van der Waals surface area contributed by atoms with Crippen LogP contribution in [0.15, 0.2) is 35.6 Å². The standard InChI is InChI=1S/C22H24Cl2FN5O/c1-12(22(2,3)4)28-21-19(14-6-5-13(25)9-16(14)23)17(24)10-18-15(11-27-30(18)21)20-26-7-8-31-29-20/h5-6,9-12,28H,7-8H2,1-4H3,(H,26,29)/t12-/m1/s1. The minimum absolute atomic E-state index is 0.0443. The number of nitrogens with zero attached hydrogens (tertiary/aromatic N) is 3. The average molecular weight is 464 g/mol. The van der Waals surface area contributed by atoms with Crippen molar-refractivity contribution in [2.75, 3.05) is 18.5 Å². The number of hydrogen-bond donors (Lipinski definition) is 2. The number of benzene rings is 1. The van der Waals surface area contributed by atoms with E-state index in [-0.39, 0.29) is 16.5 Å². The third-order valence-corrected chi connectivity index (χ3v) is 6.12. The van der Waals surface area contributed by atoms with E-state index in [1.54, 1.807) is 16.8 Å². The smallest absolute Gasteiger partial charge is 0.176 e. The third-order valence-electron chi connectivity index (χ3n) is 5.51. The number of nitrogens with one attached hydrogen (secondary N) is 2. The molecule has 3 heterocycles. The first-order valence-electron chi connectivity index (χ1n) is 10.0. The number of hydrogen-bond acceptors (Lipinski definition) is 5. The molecule has 1 aliphatic rings. The van der Waals surface area contributed by atoms with E-state index in [0.29, 0.717) is 41.0 Å². The Hall–Kier alpha value is -2.51. The van der Waals surface area contributed by atoms with Crippen LogP contribution in [0.25, 0.3) is 16.6 Å². The second kappa shape index (κ2) is 8.20. The van der Waals surface area contributed by atoms with Crippen molar-refractivity contribution in [3.63, 3.8) is 0 Å². The maximum atomic E-state index is 13.7. The molecule has 0 radical (unpaired) electrons. The molecule has 9 heteroatoms. The molecule has 1 aromatic carbocycles. The molecule has 0 aliphatic carbocycles. The zero-order valence-corrected chi connectivity index (χ0v) is 19.3. The molecule has 2 N–H and O–H groups in total. The van der Waals surface area contributed by atoms with Crippen LogP contribution < -0.4 is 10.6 Å². The molecule has 6 nitrogen and oxygen atoms in total. The molecule has 0 saturated heterocycles. The number of anilines is 1. The second-order valence-electron chi connectivity index (χ2n) is 8.63. The summed E-state index contributed by atoms with van der Waals surface area (Å²) in [5.74, 6) is 0.855. The van der Waals surface area contributed by atoms with Gasteiger partial charge in [-0.2, -0.15) is 5.10 Å². The first-order chi connectivity index (χ1) is 14.7. The van der Waals surface area contributed by atoms with Crippen molar-refractivity contribution in [1.29, 1.82) is 0 Å². The molecule has 3 aromatic rings. The van der Waals surface area contributed by atoms with Crippen molar-refractivity contribution in [2.24, 2.45) is 10.6 Å². The largest absolute Gasteiger partial charge is 0.392 e. The van der Waals surface area contributed by atoms with Gasteiger partial charge in [0, 0.05) is 17.2 Å². The number of amidine groups is 1. The Morgan fingerprint density at radius 3 is 2.61 bits per heavy atom. The van der Waals surface area contributed by atoms with Gasteiger partial charge in [-0.05, 0) is 36.6 Å². The van der Waals surface area contributed by atoms with E-state index in [9.17, 15) is 4.39 Å². The van der Waals surface area contributed by atoms with E-state index in [2.05, 4.69) is 48.6 Å². The summed E-state index contributed by atoms with van der Waals surface area (Å²) in [5, 5.41) is 16.2. The number of rotatable bonds is 4. The highest BCUT2D eigenvalue weighted by atomic mass is 35.5. The lowest BCUT2D eigenvalue weighted by Gasteiger charge is -2.30. The molecule has 0 fully saturated rings. The van der Waals surface area contributed by atoms with E-state index in [0.717, 1.165) is 11.1 Å². The third kappa shape index (κ3) is 4.16. The lowest BCUT2D eigenvalue weighted by Crippen LogP contribution is -2.32. The van der Waals surface area contributed by atoms with Gasteiger partial charge in [0.05, 0.1) is 33.9 Å². The molecule has 4 rings (SSSR count). The van der Waals surface area contributed by atoms with Crippen LogP contribution in [0.4, 0.5) is 10.2 Å². The summed E-state index contributed by atoms with van der Waals surface area (Å²) >= 11 is 13.2. The zero-order chi connectivity index (χ0) is 22.3. The van der Waals surface area contributed by atoms with Crippen molar-refractivity contribution in [3.05, 3.63) is 51.9 Å². The van der Waals surface area contributed by atoms with Gasteiger partial charge in [-0.3, -0.25) is 0 Å². The Labute approximate surface area is 190 Å². The maximum absolute atomic E-state index is 13.7. The number of oxime groups is 1. The zero-order valence-electron chi connectivity index (χ0n) is 17.8. The quantitative estimate of drug-likeness (QED) is 0.530. The summed E-state index contributed by atoms with van der Waals surface area (Å²) in [6.07, 6.45) is 1.72. The van der Waals surface area contributed by atoms with E-state index in [1.165, 1.54) is 12.1 Å². The first kappa shape index (κ1) is 21.7. The Bertz CT molecular complexity index is 1170.